The number of likely N-dealkylation sites (N-methyl/N-ethyl adjacent to an activating group) is 1. The number of carbonyl (C=O) groups is 1. The molecule has 6 nitrogen and oxygen atoms in total. The highest BCUT2D eigenvalue weighted by Gasteiger charge is 2.19. The average Bonchev–Trinajstić information content (AvgIpc) is 3.14. The maximum absolute atomic E-state index is 11.9. The summed E-state index contributed by atoms with van der Waals surface area (Å²) in [5.74, 6) is 2.00. The number of guanidine groups is 1. The van der Waals surface area contributed by atoms with Crippen molar-refractivity contribution in [2.45, 2.75) is 32.9 Å². The molecule has 1 aliphatic rings. The van der Waals surface area contributed by atoms with Gasteiger partial charge in [-0.3, -0.25) is 9.79 Å². The van der Waals surface area contributed by atoms with Gasteiger partial charge in [-0.25, -0.2) is 0 Å². The molecule has 0 spiro atoms. The molecule has 1 fully saturated rings. The Morgan fingerprint density at radius 2 is 2.00 bits per heavy atom. The topological polar surface area (TPSA) is 57.2 Å². The minimum Gasteiger partial charge on any atom is -0.491 e. The number of nitrogens with zero attached hydrogens (tertiary/aromatic N) is 3. The lowest BCUT2D eigenvalue weighted by molar-refractivity contribution is -0.128. The van der Waals surface area contributed by atoms with Gasteiger partial charge in [0.2, 0.25) is 5.91 Å². The van der Waals surface area contributed by atoms with E-state index >= 15 is 0 Å². The zero-order valence-corrected chi connectivity index (χ0v) is 18.2. The highest BCUT2D eigenvalue weighted by atomic mass is 16.5. The number of amides is 1. The number of rotatable bonds is 8. The van der Waals surface area contributed by atoms with Gasteiger partial charge in [0.1, 0.15) is 12.4 Å². The van der Waals surface area contributed by atoms with E-state index in [9.17, 15) is 4.79 Å². The summed E-state index contributed by atoms with van der Waals surface area (Å²) in [7, 11) is 3.79. The Morgan fingerprint density at radius 1 is 1.20 bits per heavy atom. The largest absolute Gasteiger partial charge is 0.491 e. The molecule has 160 valence electrons. The van der Waals surface area contributed by atoms with Gasteiger partial charge in [0, 0.05) is 40.2 Å². The van der Waals surface area contributed by atoms with E-state index in [-0.39, 0.29) is 5.91 Å². The third-order valence-corrected chi connectivity index (χ3v) is 5.34. The van der Waals surface area contributed by atoms with Crippen molar-refractivity contribution in [1.29, 1.82) is 0 Å². The molecule has 1 heterocycles. The van der Waals surface area contributed by atoms with Crippen LogP contribution in [-0.4, -0.2) is 55.5 Å². The third kappa shape index (κ3) is 5.99. The SMILES string of the molecule is CN=C(NCc1cccc(CN2CCCC2=O)c1)N(C)CCOc1ccccc1C. The van der Waals surface area contributed by atoms with E-state index in [2.05, 4.69) is 39.5 Å². The van der Waals surface area contributed by atoms with Crippen molar-refractivity contribution in [2.24, 2.45) is 4.99 Å². The summed E-state index contributed by atoms with van der Waals surface area (Å²) in [6.07, 6.45) is 1.65. The molecule has 2 aromatic carbocycles. The maximum Gasteiger partial charge on any atom is 0.222 e. The second kappa shape index (κ2) is 10.7. The Morgan fingerprint density at radius 3 is 2.73 bits per heavy atom. The molecular weight excluding hydrogens is 376 g/mol. The zero-order chi connectivity index (χ0) is 21.3. The van der Waals surface area contributed by atoms with Gasteiger partial charge in [-0.15, -0.1) is 0 Å². The molecule has 2 aromatic rings. The number of carbonyl (C=O) groups excluding carboxylic acids is 1. The Balaban J connectivity index is 1.48. The molecule has 1 aliphatic heterocycles. The number of hydrogen-bond donors (Lipinski definition) is 1. The molecule has 0 aliphatic carbocycles. The van der Waals surface area contributed by atoms with Gasteiger partial charge in [0.25, 0.3) is 0 Å². The van der Waals surface area contributed by atoms with Crippen LogP contribution in [0.3, 0.4) is 0 Å². The molecule has 3 rings (SSSR count). The number of aryl methyl sites for hydroxylation is 1. The fourth-order valence-electron chi connectivity index (χ4n) is 3.61. The third-order valence-electron chi connectivity index (χ3n) is 5.34. The minimum absolute atomic E-state index is 0.258. The molecule has 0 saturated carbocycles. The van der Waals surface area contributed by atoms with E-state index in [1.807, 2.05) is 43.1 Å². The van der Waals surface area contributed by atoms with Crippen LogP contribution in [0.25, 0.3) is 0 Å². The highest BCUT2D eigenvalue weighted by molar-refractivity contribution is 5.79. The van der Waals surface area contributed by atoms with Gasteiger partial charge >= 0.3 is 0 Å². The van der Waals surface area contributed by atoms with Crippen molar-refractivity contribution < 1.29 is 9.53 Å². The van der Waals surface area contributed by atoms with Crippen LogP contribution < -0.4 is 10.1 Å². The van der Waals surface area contributed by atoms with Crippen LogP contribution >= 0.6 is 0 Å². The Hall–Kier alpha value is -3.02. The zero-order valence-electron chi connectivity index (χ0n) is 18.2. The van der Waals surface area contributed by atoms with E-state index in [4.69, 9.17) is 4.74 Å². The molecule has 1 amide bonds. The maximum atomic E-state index is 11.9. The molecular formula is C24H32N4O2. The predicted octanol–water partition coefficient (Wildman–Crippen LogP) is 3.20. The van der Waals surface area contributed by atoms with Crippen molar-refractivity contribution >= 4 is 11.9 Å². The summed E-state index contributed by atoms with van der Waals surface area (Å²) in [5.41, 5.74) is 3.47. The van der Waals surface area contributed by atoms with Gasteiger partial charge in [-0.1, -0.05) is 42.5 Å². The van der Waals surface area contributed by atoms with Crippen LogP contribution in [-0.2, 0) is 17.9 Å². The standard InChI is InChI=1S/C24H32N4O2/c1-19-8-4-5-11-22(19)30-15-14-27(3)24(25-2)26-17-20-9-6-10-21(16-20)18-28-13-7-12-23(28)29/h4-6,8-11,16H,7,12-15,17-18H2,1-3H3,(H,25,26). The fourth-order valence-corrected chi connectivity index (χ4v) is 3.61. The summed E-state index contributed by atoms with van der Waals surface area (Å²) in [6.45, 7) is 5.60. The van der Waals surface area contributed by atoms with Crippen molar-refractivity contribution in [3.05, 3.63) is 65.2 Å². The lowest BCUT2D eigenvalue weighted by Gasteiger charge is -2.22. The van der Waals surface area contributed by atoms with Crippen molar-refractivity contribution in [2.75, 3.05) is 33.8 Å². The quantitative estimate of drug-likeness (QED) is 0.538. The van der Waals surface area contributed by atoms with Gasteiger partial charge in [-0.2, -0.15) is 0 Å². The first-order chi connectivity index (χ1) is 14.6. The van der Waals surface area contributed by atoms with Crippen LogP contribution in [0.1, 0.15) is 29.5 Å². The second-order valence-corrected chi connectivity index (χ2v) is 7.68. The number of ether oxygens (including phenoxy) is 1. The van der Waals surface area contributed by atoms with Crippen molar-refractivity contribution in [3.8, 4) is 5.75 Å². The number of hydrogen-bond acceptors (Lipinski definition) is 3. The Labute approximate surface area is 179 Å². The first-order valence-electron chi connectivity index (χ1n) is 10.5. The van der Waals surface area contributed by atoms with E-state index in [1.54, 1.807) is 7.05 Å². The minimum atomic E-state index is 0.258. The average molecular weight is 409 g/mol. The smallest absolute Gasteiger partial charge is 0.222 e. The number of likely N-dealkylation sites (tertiary alicyclic amines) is 1. The molecule has 0 atom stereocenters. The first-order valence-corrected chi connectivity index (χ1v) is 10.5. The first kappa shape index (κ1) is 21.7. The Kier molecular flexibility index (Phi) is 7.71. The van der Waals surface area contributed by atoms with Crippen molar-refractivity contribution in [1.82, 2.24) is 15.1 Å². The summed E-state index contributed by atoms with van der Waals surface area (Å²) in [5, 5.41) is 3.41. The van der Waals surface area contributed by atoms with Crippen molar-refractivity contribution in [3.63, 3.8) is 0 Å². The number of benzene rings is 2. The monoisotopic (exact) mass is 408 g/mol. The molecule has 0 radical (unpaired) electrons. The molecule has 0 bridgehead atoms. The van der Waals surface area contributed by atoms with E-state index in [0.29, 0.717) is 26.1 Å². The van der Waals surface area contributed by atoms with Gasteiger partial charge in [0.05, 0.1) is 6.54 Å². The summed E-state index contributed by atoms with van der Waals surface area (Å²) in [6, 6.07) is 16.4. The fraction of sp³-hybridized carbons (Fsp3) is 0.417. The predicted molar refractivity (Wildman–Crippen MR) is 121 cm³/mol. The van der Waals surface area contributed by atoms with Gasteiger partial charge < -0.3 is 19.9 Å². The van der Waals surface area contributed by atoms with Crippen LogP contribution in [0.2, 0.25) is 0 Å². The molecule has 0 aromatic heterocycles. The van der Waals surface area contributed by atoms with Crippen LogP contribution in [0.4, 0.5) is 0 Å². The van der Waals surface area contributed by atoms with E-state index in [0.717, 1.165) is 36.8 Å². The van der Waals surface area contributed by atoms with Crippen LogP contribution in [0.5, 0.6) is 5.75 Å². The lowest BCUT2D eigenvalue weighted by Crippen LogP contribution is -2.40. The molecule has 30 heavy (non-hydrogen) atoms. The number of aliphatic imine (C=N–C) groups is 1. The number of nitrogens with one attached hydrogen (secondary N) is 1. The molecule has 1 saturated heterocycles. The second-order valence-electron chi connectivity index (χ2n) is 7.68. The molecule has 1 N–H and O–H groups in total. The molecule has 6 heteroatoms. The molecule has 0 unspecified atom stereocenters. The van der Waals surface area contributed by atoms with E-state index in [1.165, 1.54) is 11.1 Å². The van der Waals surface area contributed by atoms with E-state index < -0.39 is 0 Å². The summed E-state index contributed by atoms with van der Waals surface area (Å²) < 4.78 is 5.90. The number of para-hydroxylation sites is 1. The summed E-state index contributed by atoms with van der Waals surface area (Å²) in [4.78, 5) is 20.3. The Bertz CT molecular complexity index is 881. The van der Waals surface area contributed by atoms with Gasteiger partial charge in [0.15, 0.2) is 5.96 Å². The normalized spacial score (nSPS) is 14.2. The van der Waals surface area contributed by atoms with Crippen LogP contribution in [0, 0.1) is 6.92 Å². The van der Waals surface area contributed by atoms with Crippen LogP contribution in [0.15, 0.2) is 53.5 Å². The van der Waals surface area contributed by atoms with Gasteiger partial charge in [-0.05, 0) is 36.1 Å². The summed E-state index contributed by atoms with van der Waals surface area (Å²) >= 11 is 0. The lowest BCUT2D eigenvalue weighted by atomic mass is 10.1. The highest BCUT2D eigenvalue weighted by Crippen LogP contribution is 2.16.